The van der Waals surface area contributed by atoms with Crippen LogP contribution in [0.5, 0.6) is 0 Å². The van der Waals surface area contributed by atoms with Gasteiger partial charge in [0.25, 0.3) is 0 Å². The number of esters is 1. The smallest absolute Gasteiger partial charge is 0.311 e. The zero-order chi connectivity index (χ0) is 8.81. The SMILES string of the molecule is C=CCOC(=O)C1CCCOC1. The van der Waals surface area contributed by atoms with Crippen LogP contribution < -0.4 is 0 Å². The standard InChI is InChI=1S/C9H14O3/c1-2-5-12-9(10)8-4-3-6-11-7-8/h2,8H,1,3-7H2. The summed E-state index contributed by atoms with van der Waals surface area (Å²) in [6.45, 7) is 5.05. The third-order valence-electron chi connectivity index (χ3n) is 1.84. The maximum Gasteiger partial charge on any atom is 0.311 e. The van der Waals surface area contributed by atoms with Gasteiger partial charge < -0.3 is 9.47 Å². The van der Waals surface area contributed by atoms with Crippen molar-refractivity contribution in [2.75, 3.05) is 19.8 Å². The Balaban J connectivity index is 2.24. The molecule has 0 amide bonds. The predicted molar refractivity (Wildman–Crippen MR) is 44.7 cm³/mol. The van der Waals surface area contributed by atoms with Crippen molar-refractivity contribution in [2.24, 2.45) is 5.92 Å². The Bertz CT molecular complexity index is 159. The van der Waals surface area contributed by atoms with Gasteiger partial charge in [-0.2, -0.15) is 0 Å². The largest absolute Gasteiger partial charge is 0.461 e. The van der Waals surface area contributed by atoms with Crippen molar-refractivity contribution in [1.29, 1.82) is 0 Å². The van der Waals surface area contributed by atoms with Gasteiger partial charge >= 0.3 is 5.97 Å². The van der Waals surface area contributed by atoms with Crippen LogP contribution in [0.4, 0.5) is 0 Å². The molecule has 68 valence electrons. The van der Waals surface area contributed by atoms with E-state index in [0.717, 1.165) is 19.4 Å². The summed E-state index contributed by atoms with van der Waals surface area (Å²) in [5.41, 5.74) is 0. The maximum absolute atomic E-state index is 11.2. The summed E-state index contributed by atoms with van der Waals surface area (Å²) in [5.74, 6) is -0.215. The maximum atomic E-state index is 11.2. The van der Waals surface area contributed by atoms with E-state index in [1.807, 2.05) is 0 Å². The predicted octanol–water partition coefficient (Wildman–Crippen LogP) is 1.14. The molecule has 1 aliphatic rings. The third-order valence-corrected chi connectivity index (χ3v) is 1.84. The zero-order valence-electron chi connectivity index (χ0n) is 7.12. The number of carbonyl (C=O) groups excluding carboxylic acids is 1. The van der Waals surface area contributed by atoms with E-state index in [2.05, 4.69) is 6.58 Å². The van der Waals surface area contributed by atoms with E-state index >= 15 is 0 Å². The van der Waals surface area contributed by atoms with Crippen LogP contribution >= 0.6 is 0 Å². The van der Waals surface area contributed by atoms with E-state index in [0.29, 0.717) is 13.2 Å². The van der Waals surface area contributed by atoms with Gasteiger partial charge in [0.15, 0.2) is 0 Å². The molecule has 0 aromatic rings. The second-order valence-electron chi connectivity index (χ2n) is 2.83. The van der Waals surface area contributed by atoms with Crippen molar-refractivity contribution in [3.8, 4) is 0 Å². The van der Waals surface area contributed by atoms with Gasteiger partial charge in [-0.15, -0.1) is 0 Å². The van der Waals surface area contributed by atoms with Gasteiger partial charge in [0.2, 0.25) is 0 Å². The Morgan fingerprint density at radius 3 is 3.17 bits per heavy atom. The molecule has 3 heteroatoms. The van der Waals surface area contributed by atoms with Crippen LogP contribution in [0.2, 0.25) is 0 Å². The summed E-state index contributed by atoms with van der Waals surface area (Å²) < 4.78 is 10.1. The molecule has 1 unspecified atom stereocenters. The van der Waals surface area contributed by atoms with Crippen LogP contribution in [0.15, 0.2) is 12.7 Å². The van der Waals surface area contributed by atoms with Crippen molar-refractivity contribution in [1.82, 2.24) is 0 Å². The molecule has 0 aromatic carbocycles. The number of rotatable bonds is 3. The van der Waals surface area contributed by atoms with Gasteiger partial charge in [-0.3, -0.25) is 4.79 Å². The van der Waals surface area contributed by atoms with Gasteiger partial charge in [0.05, 0.1) is 12.5 Å². The van der Waals surface area contributed by atoms with E-state index in [9.17, 15) is 4.79 Å². The minimum Gasteiger partial charge on any atom is -0.461 e. The van der Waals surface area contributed by atoms with Crippen LogP contribution in [0.25, 0.3) is 0 Å². The lowest BCUT2D eigenvalue weighted by atomic mass is 10.0. The normalized spacial score (nSPS) is 23.2. The molecule has 3 nitrogen and oxygen atoms in total. The van der Waals surface area contributed by atoms with Crippen molar-refractivity contribution < 1.29 is 14.3 Å². The topological polar surface area (TPSA) is 35.5 Å². The number of ether oxygens (including phenoxy) is 2. The fourth-order valence-corrected chi connectivity index (χ4v) is 1.19. The second-order valence-corrected chi connectivity index (χ2v) is 2.83. The molecule has 0 aromatic heterocycles. The number of carbonyl (C=O) groups is 1. The Morgan fingerprint density at radius 1 is 1.75 bits per heavy atom. The zero-order valence-corrected chi connectivity index (χ0v) is 7.12. The second kappa shape index (κ2) is 4.93. The molecule has 1 saturated heterocycles. The lowest BCUT2D eigenvalue weighted by molar-refractivity contribution is -0.151. The quantitative estimate of drug-likeness (QED) is 0.470. The first-order valence-corrected chi connectivity index (χ1v) is 4.20. The fraction of sp³-hybridized carbons (Fsp3) is 0.667. The molecule has 0 saturated carbocycles. The Morgan fingerprint density at radius 2 is 2.58 bits per heavy atom. The number of hydrogen-bond acceptors (Lipinski definition) is 3. The van der Waals surface area contributed by atoms with Crippen LogP contribution in [0, 0.1) is 5.92 Å². The molecule has 1 aliphatic heterocycles. The molecule has 0 radical (unpaired) electrons. The van der Waals surface area contributed by atoms with Gasteiger partial charge in [-0.25, -0.2) is 0 Å². The van der Waals surface area contributed by atoms with Crippen LogP contribution in [0.1, 0.15) is 12.8 Å². The highest BCUT2D eigenvalue weighted by atomic mass is 16.5. The van der Waals surface area contributed by atoms with Gasteiger partial charge in [0.1, 0.15) is 6.61 Å². The monoisotopic (exact) mass is 170 g/mol. The van der Waals surface area contributed by atoms with Crippen LogP contribution in [0.3, 0.4) is 0 Å². The minimum absolute atomic E-state index is 0.0568. The van der Waals surface area contributed by atoms with E-state index < -0.39 is 0 Å². The average molecular weight is 170 g/mol. The van der Waals surface area contributed by atoms with Crippen LogP contribution in [-0.2, 0) is 14.3 Å². The highest BCUT2D eigenvalue weighted by molar-refractivity contribution is 5.72. The molecule has 1 rings (SSSR count). The Labute approximate surface area is 72.4 Å². The first kappa shape index (κ1) is 9.26. The summed E-state index contributed by atoms with van der Waals surface area (Å²) in [4.78, 5) is 11.2. The first-order valence-electron chi connectivity index (χ1n) is 4.20. The third kappa shape index (κ3) is 2.66. The molecule has 0 spiro atoms. The molecule has 1 atom stereocenters. The molecule has 1 fully saturated rings. The van der Waals surface area contributed by atoms with Crippen molar-refractivity contribution >= 4 is 5.97 Å². The minimum atomic E-state index is -0.158. The van der Waals surface area contributed by atoms with E-state index in [4.69, 9.17) is 9.47 Å². The molecule has 0 bridgehead atoms. The summed E-state index contributed by atoms with van der Waals surface area (Å²) in [6, 6.07) is 0. The lowest BCUT2D eigenvalue weighted by Gasteiger charge is -2.19. The lowest BCUT2D eigenvalue weighted by Crippen LogP contribution is -2.26. The first-order chi connectivity index (χ1) is 5.84. The Kier molecular flexibility index (Phi) is 3.80. The Hall–Kier alpha value is -0.830. The van der Waals surface area contributed by atoms with Gasteiger partial charge in [0, 0.05) is 6.61 Å². The molecule has 12 heavy (non-hydrogen) atoms. The summed E-state index contributed by atoms with van der Waals surface area (Å²) in [7, 11) is 0. The van der Waals surface area contributed by atoms with Crippen molar-refractivity contribution in [3.05, 3.63) is 12.7 Å². The summed E-state index contributed by atoms with van der Waals surface area (Å²) >= 11 is 0. The molecule has 1 heterocycles. The van der Waals surface area contributed by atoms with Crippen LogP contribution in [-0.4, -0.2) is 25.8 Å². The van der Waals surface area contributed by atoms with E-state index in [-0.39, 0.29) is 11.9 Å². The highest BCUT2D eigenvalue weighted by Gasteiger charge is 2.22. The van der Waals surface area contributed by atoms with Crippen molar-refractivity contribution in [2.45, 2.75) is 12.8 Å². The summed E-state index contributed by atoms with van der Waals surface area (Å²) in [5, 5.41) is 0. The summed E-state index contributed by atoms with van der Waals surface area (Å²) in [6.07, 6.45) is 3.41. The number of hydrogen-bond donors (Lipinski definition) is 0. The molecular formula is C9H14O3. The highest BCUT2D eigenvalue weighted by Crippen LogP contribution is 2.14. The molecular weight excluding hydrogens is 156 g/mol. The molecule has 0 N–H and O–H groups in total. The average Bonchev–Trinajstić information content (AvgIpc) is 2.15. The molecule has 0 aliphatic carbocycles. The van der Waals surface area contributed by atoms with Gasteiger partial charge in [-0.05, 0) is 12.8 Å². The van der Waals surface area contributed by atoms with Gasteiger partial charge in [-0.1, -0.05) is 12.7 Å². The fourth-order valence-electron chi connectivity index (χ4n) is 1.19. The van der Waals surface area contributed by atoms with E-state index in [1.165, 1.54) is 0 Å². The van der Waals surface area contributed by atoms with Crippen molar-refractivity contribution in [3.63, 3.8) is 0 Å². The van der Waals surface area contributed by atoms with E-state index in [1.54, 1.807) is 6.08 Å².